The summed E-state index contributed by atoms with van der Waals surface area (Å²) in [6.07, 6.45) is 7.96. The number of rotatable bonds is 3. The molecule has 2 unspecified atom stereocenters. The number of nitrogens with zero attached hydrogens (tertiary/aromatic N) is 1. The van der Waals surface area contributed by atoms with Crippen molar-refractivity contribution in [2.45, 2.75) is 25.8 Å². The highest BCUT2D eigenvalue weighted by Gasteiger charge is 2.16. The molecule has 1 saturated heterocycles. The van der Waals surface area contributed by atoms with E-state index in [1.54, 1.807) is 0 Å². The Balaban J connectivity index is 2.17. The number of terminal acetylenes is 1. The highest BCUT2D eigenvalue weighted by Crippen LogP contribution is 2.13. The Morgan fingerprint density at radius 3 is 3.08 bits per heavy atom. The van der Waals surface area contributed by atoms with Crippen molar-refractivity contribution in [3.63, 3.8) is 0 Å². The van der Waals surface area contributed by atoms with Crippen molar-refractivity contribution in [3.05, 3.63) is 0 Å². The van der Waals surface area contributed by atoms with Gasteiger partial charge in [0.15, 0.2) is 0 Å². The van der Waals surface area contributed by atoms with Gasteiger partial charge in [0.25, 0.3) is 0 Å². The maximum atomic E-state index is 5.29. The molecule has 13 heavy (non-hydrogen) atoms. The lowest BCUT2D eigenvalue weighted by molar-refractivity contribution is 0.205. The summed E-state index contributed by atoms with van der Waals surface area (Å²) in [5, 5.41) is 3.36. The topological polar surface area (TPSA) is 15.3 Å². The Kier molecular flexibility index (Phi) is 4.27. The van der Waals surface area contributed by atoms with Gasteiger partial charge in [-0.25, -0.2) is 0 Å². The van der Waals surface area contributed by atoms with E-state index in [1.807, 2.05) is 6.92 Å². The zero-order chi connectivity index (χ0) is 9.68. The average Bonchev–Trinajstić information content (AvgIpc) is 2.14. The number of nitrogens with one attached hydrogen (secondary N) is 1. The maximum Gasteiger partial charge on any atom is 0.0658 e. The van der Waals surface area contributed by atoms with E-state index >= 15 is 0 Å². The molecule has 0 aliphatic carbocycles. The standard InChI is InChI=1S/C11H20N2/c1-4-10(2)12-8-11-6-5-7-13(3)9-11/h1,10-12H,5-9H2,2-3H3. The molecular weight excluding hydrogens is 160 g/mol. The van der Waals surface area contributed by atoms with Gasteiger partial charge in [0, 0.05) is 13.1 Å². The van der Waals surface area contributed by atoms with Gasteiger partial charge in [0.2, 0.25) is 0 Å². The van der Waals surface area contributed by atoms with Crippen LogP contribution in [0, 0.1) is 18.3 Å². The van der Waals surface area contributed by atoms with Crippen molar-refractivity contribution in [1.29, 1.82) is 0 Å². The van der Waals surface area contributed by atoms with Crippen LogP contribution in [0.4, 0.5) is 0 Å². The summed E-state index contributed by atoms with van der Waals surface area (Å²) in [6.45, 7) is 5.56. The van der Waals surface area contributed by atoms with Crippen molar-refractivity contribution < 1.29 is 0 Å². The molecule has 0 aromatic heterocycles. The molecule has 0 bridgehead atoms. The largest absolute Gasteiger partial charge is 0.306 e. The Hall–Kier alpha value is -0.520. The Bertz CT molecular complexity index is 183. The van der Waals surface area contributed by atoms with Crippen LogP contribution < -0.4 is 5.32 Å². The monoisotopic (exact) mass is 180 g/mol. The lowest BCUT2D eigenvalue weighted by Crippen LogP contribution is -2.39. The third kappa shape index (κ3) is 3.80. The van der Waals surface area contributed by atoms with Gasteiger partial charge in [0.05, 0.1) is 6.04 Å². The number of likely N-dealkylation sites (tertiary alicyclic amines) is 1. The molecular formula is C11H20N2. The van der Waals surface area contributed by atoms with Crippen molar-refractivity contribution >= 4 is 0 Å². The molecule has 2 nitrogen and oxygen atoms in total. The first-order valence-electron chi connectivity index (χ1n) is 5.10. The molecule has 74 valence electrons. The van der Waals surface area contributed by atoms with Gasteiger partial charge in [-0.2, -0.15) is 0 Å². The summed E-state index contributed by atoms with van der Waals surface area (Å²) in [5.41, 5.74) is 0. The van der Waals surface area contributed by atoms with E-state index < -0.39 is 0 Å². The Morgan fingerprint density at radius 1 is 1.69 bits per heavy atom. The second-order valence-corrected chi connectivity index (χ2v) is 4.07. The van der Waals surface area contributed by atoms with E-state index in [9.17, 15) is 0 Å². The zero-order valence-corrected chi connectivity index (χ0v) is 8.71. The minimum Gasteiger partial charge on any atom is -0.306 e. The normalized spacial score (nSPS) is 26.7. The minimum absolute atomic E-state index is 0.215. The summed E-state index contributed by atoms with van der Waals surface area (Å²) in [6, 6.07) is 0.215. The summed E-state index contributed by atoms with van der Waals surface area (Å²) in [4.78, 5) is 2.40. The summed E-state index contributed by atoms with van der Waals surface area (Å²) in [5.74, 6) is 3.48. The number of piperidine rings is 1. The van der Waals surface area contributed by atoms with E-state index in [0.717, 1.165) is 12.5 Å². The van der Waals surface area contributed by atoms with Crippen LogP contribution in [0.2, 0.25) is 0 Å². The zero-order valence-electron chi connectivity index (χ0n) is 8.71. The van der Waals surface area contributed by atoms with E-state index in [1.165, 1.54) is 25.9 Å². The van der Waals surface area contributed by atoms with E-state index in [-0.39, 0.29) is 6.04 Å². The van der Waals surface area contributed by atoms with Crippen LogP contribution in [-0.2, 0) is 0 Å². The minimum atomic E-state index is 0.215. The first-order chi connectivity index (χ1) is 6.22. The first-order valence-corrected chi connectivity index (χ1v) is 5.10. The van der Waals surface area contributed by atoms with Gasteiger partial charge in [0.1, 0.15) is 0 Å². The SMILES string of the molecule is C#CC(C)NCC1CCCN(C)C1. The third-order valence-corrected chi connectivity index (χ3v) is 2.68. The smallest absolute Gasteiger partial charge is 0.0658 e. The molecule has 1 fully saturated rings. The van der Waals surface area contributed by atoms with Gasteiger partial charge < -0.3 is 10.2 Å². The van der Waals surface area contributed by atoms with Crippen LogP contribution in [0.25, 0.3) is 0 Å². The van der Waals surface area contributed by atoms with E-state index in [2.05, 4.69) is 23.2 Å². The van der Waals surface area contributed by atoms with Crippen molar-refractivity contribution in [1.82, 2.24) is 10.2 Å². The highest BCUT2D eigenvalue weighted by molar-refractivity contribution is 4.96. The summed E-state index contributed by atoms with van der Waals surface area (Å²) in [7, 11) is 2.19. The molecule has 0 aromatic carbocycles. The molecule has 1 N–H and O–H groups in total. The van der Waals surface area contributed by atoms with Crippen LogP contribution in [0.5, 0.6) is 0 Å². The fraction of sp³-hybridized carbons (Fsp3) is 0.818. The molecule has 0 spiro atoms. The maximum absolute atomic E-state index is 5.29. The highest BCUT2D eigenvalue weighted by atomic mass is 15.1. The molecule has 1 aliphatic heterocycles. The summed E-state index contributed by atoms with van der Waals surface area (Å²) < 4.78 is 0. The molecule has 1 aliphatic rings. The second-order valence-electron chi connectivity index (χ2n) is 4.07. The Labute approximate surface area is 81.7 Å². The fourth-order valence-electron chi connectivity index (χ4n) is 1.84. The number of hydrogen-bond acceptors (Lipinski definition) is 2. The van der Waals surface area contributed by atoms with Crippen LogP contribution in [0.1, 0.15) is 19.8 Å². The molecule has 0 aromatic rings. The van der Waals surface area contributed by atoms with Gasteiger partial charge >= 0.3 is 0 Å². The molecule has 2 atom stereocenters. The quantitative estimate of drug-likeness (QED) is 0.650. The molecule has 0 radical (unpaired) electrons. The van der Waals surface area contributed by atoms with Gasteiger partial charge in [-0.05, 0) is 39.3 Å². The van der Waals surface area contributed by atoms with Crippen molar-refractivity contribution in [3.8, 4) is 12.3 Å². The predicted molar refractivity (Wildman–Crippen MR) is 56.5 cm³/mol. The van der Waals surface area contributed by atoms with E-state index in [4.69, 9.17) is 6.42 Å². The van der Waals surface area contributed by atoms with Crippen LogP contribution in [0.3, 0.4) is 0 Å². The predicted octanol–water partition coefficient (Wildman–Crippen LogP) is 0.940. The number of hydrogen-bond donors (Lipinski definition) is 1. The summed E-state index contributed by atoms with van der Waals surface area (Å²) >= 11 is 0. The van der Waals surface area contributed by atoms with Crippen LogP contribution in [-0.4, -0.2) is 37.6 Å². The molecule has 2 heteroatoms. The van der Waals surface area contributed by atoms with Gasteiger partial charge in [-0.3, -0.25) is 0 Å². The van der Waals surface area contributed by atoms with E-state index in [0.29, 0.717) is 0 Å². The van der Waals surface area contributed by atoms with Crippen LogP contribution >= 0.6 is 0 Å². The first kappa shape index (κ1) is 10.6. The fourth-order valence-corrected chi connectivity index (χ4v) is 1.84. The van der Waals surface area contributed by atoms with Gasteiger partial charge in [-0.1, -0.05) is 5.92 Å². The van der Waals surface area contributed by atoms with Crippen molar-refractivity contribution in [2.75, 3.05) is 26.7 Å². The third-order valence-electron chi connectivity index (χ3n) is 2.68. The Morgan fingerprint density at radius 2 is 2.46 bits per heavy atom. The second kappa shape index (κ2) is 5.26. The molecule has 0 amide bonds. The average molecular weight is 180 g/mol. The van der Waals surface area contributed by atoms with Crippen molar-refractivity contribution in [2.24, 2.45) is 5.92 Å². The van der Waals surface area contributed by atoms with Crippen LogP contribution in [0.15, 0.2) is 0 Å². The van der Waals surface area contributed by atoms with Gasteiger partial charge in [-0.15, -0.1) is 6.42 Å². The molecule has 1 heterocycles. The molecule has 0 saturated carbocycles. The molecule has 1 rings (SSSR count). The lowest BCUT2D eigenvalue weighted by Gasteiger charge is -2.30. The lowest BCUT2D eigenvalue weighted by atomic mass is 9.98.